The molecule has 0 heterocycles. The van der Waals surface area contributed by atoms with Crippen LogP contribution < -0.4 is 0 Å². The van der Waals surface area contributed by atoms with Crippen molar-refractivity contribution in [2.45, 2.75) is 78.4 Å². The fourth-order valence-corrected chi connectivity index (χ4v) is 2.16. The van der Waals surface area contributed by atoms with Crippen molar-refractivity contribution < 1.29 is 19.1 Å². The lowest BCUT2D eigenvalue weighted by Gasteiger charge is -2.29. The fraction of sp³-hybridized carbons (Fsp3) is 0.875. The predicted octanol–water partition coefficient (Wildman–Crippen LogP) is 3.48. The maximum absolute atomic E-state index is 11.7. The zero-order valence-corrected chi connectivity index (χ0v) is 13.2. The first-order chi connectivity index (χ1) is 9.47. The molecule has 0 aromatic heterocycles. The summed E-state index contributed by atoms with van der Waals surface area (Å²) in [5, 5.41) is 0. The van der Waals surface area contributed by atoms with Crippen LogP contribution in [0.5, 0.6) is 0 Å². The number of rotatable bonds is 6. The zero-order chi connectivity index (χ0) is 15.1. The third-order valence-corrected chi connectivity index (χ3v) is 4.22. The highest BCUT2D eigenvalue weighted by Crippen LogP contribution is 2.25. The average molecular weight is 284 g/mol. The topological polar surface area (TPSA) is 52.6 Å². The second-order valence-electron chi connectivity index (χ2n) is 5.89. The van der Waals surface area contributed by atoms with E-state index in [1.807, 2.05) is 27.7 Å². The van der Waals surface area contributed by atoms with Crippen LogP contribution in [0, 0.1) is 11.8 Å². The molecule has 20 heavy (non-hydrogen) atoms. The van der Waals surface area contributed by atoms with E-state index in [1.54, 1.807) is 0 Å². The van der Waals surface area contributed by atoms with Crippen LogP contribution in [0.1, 0.15) is 66.2 Å². The number of hydrogen-bond donors (Lipinski definition) is 0. The molecule has 1 fully saturated rings. The van der Waals surface area contributed by atoms with Crippen LogP contribution in [0.25, 0.3) is 0 Å². The molecular weight excluding hydrogens is 256 g/mol. The van der Waals surface area contributed by atoms with E-state index < -0.39 is 0 Å². The van der Waals surface area contributed by atoms with Gasteiger partial charge in [0, 0.05) is 0 Å². The quantitative estimate of drug-likeness (QED) is 0.701. The summed E-state index contributed by atoms with van der Waals surface area (Å²) in [4.78, 5) is 23.4. The molecule has 0 aromatic carbocycles. The Hall–Kier alpha value is -1.06. The number of ether oxygens (including phenoxy) is 2. The lowest BCUT2D eigenvalue weighted by Crippen LogP contribution is -2.32. The van der Waals surface area contributed by atoms with Crippen LogP contribution in [0.3, 0.4) is 0 Å². The standard InChI is InChI=1S/C16H28O4/c1-5-11(3)15(17)19-13-7-9-14(10-8-13)20-16(18)12(4)6-2/h11-14H,5-10H2,1-4H3. The summed E-state index contributed by atoms with van der Waals surface area (Å²) in [7, 11) is 0. The third kappa shape index (κ3) is 5.14. The van der Waals surface area contributed by atoms with Crippen LogP contribution in [0.4, 0.5) is 0 Å². The predicted molar refractivity (Wildman–Crippen MR) is 77.1 cm³/mol. The van der Waals surface area contributed by atoms with E-state index in [-0.39, 0.29) is 36.0 Å². The second-order valence-corrected chi connectivity index (χ2v) is 5.89. The highest BCUT2D eigenvalue weighted by molar-refractivity contribution is 5.72. The van der Waals surface area contributed by atoms with Crippen molar-refractivity contribution in [2.75, 3.05) is 0 Å². The Balaban J connectivity index is 2.30. The summed E-state index contributed by atoms with van der Waals surface area (Å²) in [6.45, 7) is 7.75. The van der Waals surface area contributed by atoms with Crippen LogP contribution >= 0.6 is 0 Å². The van der Waals surface area contributed by atoms with Crippen molar-refractivity contribution in [3.8, 4) is 0 Å². The van der Waals surface area contributed by atoms with Crippen LogP contribution in [-0.2, 0) is 19.1 Å². The number of carbonyl (C=O) groups is 2. The molecule has 0 bridgehead atoms. The Morgan fingerprint density at radius 1 is 0.850 bits per heavy atom. The van der Waals surface area contributed by atoms with Gasteiger partial charge < -0.3 is 9.47 Å². The molecule has 116 valence electrons. The van der Waals surface area contributed by atoms with Gasteiger partial charge in [0.1, 0.15) is 12.2 Å². The van der Waals surface area contributed by atoms with Crippen molar-refractivity contribution in [2.24, 2.45) is 11.8 Å². The van der Waals surface area contributed by atoms with Gasteiger partial charge >= 0.3 is 11.9 Å². The zero-order valence-electron chi connectivity index (χ0n) is 13.2. The summed E-state index contributed by atoms with van der Waals surface area (Å²) in [6, 6.07) is 0. The van der Waals surface area contributed by atoms with Gasteiger partial charge in [-0.25, -0.2) is 0 Å². The van der Waals surface area contributed by atoms with Crippen LogP contribution in [-0.4, -0.2) is 24.1 Å². The van der Waals surface area contributed by atoms with E-state index in [0.717, 1.165) is 38.5 Å². The van der Waals surface area contributed by atoms with Gasteiger partial charge in [0.2, 0.25) is 0 Å². The van der Waals surface area contributed by atoms with E-state index in [1.165, 1.54) is 0 Å². The largest absolute Gasteiger partial charge is 0.462 e. The Labute approximate surface area is 122 Å². The first-order valence-electron chi connectivity index (χ1n) is 7.88. The molecule has 1 aliphatic rings. The summed E-state index contributed by atoms with van der Waals surface area (Å²) in [5.74, 6) is -0.271. The fourth-order valence-electron chi connectivity index (χ4n) is 2.16. The molecule has 0 radical (unpaired) electrons. The monoisotopic (exact) mass is 284 g/mol. The number of hydrogen-bond acceptors (Lipinski definition) is 4. The SMILES string of the molecule is CCC(C)C(=O)OC1CCC(OC(=O)C(C)CC)CC1. The molecule has 0 aliphatic heterocycles. The summed E-state index contributed by atoms with van der Waals surface area (Å²) in [5.41, 5.74) is 0. The van der Waals surface area contributed by atoms with Gasteiger partial charge in [0.15, 0.2) is 0 Å². The Bertz CT molecular complexity index is 286. The number of esters is 2. The highest BCUT2D eigenvalue weighted by atomic mass is 16.6. The van der Waals surface area contributed by atoms with Crippen molar-refractivity contribution >= 4 is 11.9 Å². The van der Waals surface area contributed by atoms with Gasteiger partial charge in [-0.05, 0) is 38.5 Å². The molecule has 0 spiro atoms. The normalized spacial score (nSPS) is 25.6. The van der Waals surface area contributed by atoms with Gasteiger partial charge in [-0.15, -0.1) is 0 Å². The molecule has 1 saturated carbocycles. The molecule has 4 heteroatoms. The smallest absolute Gasteiger partial charge is 0.308 e. The second kappa shape index (κ2) is 8.28. The molecule has 1 aliphatic carbocycles. The van der Waals surface area contributed by atoms with E-state index in [9.17, 15) is 9.59 Å². The van der Waals surface area contributed by atoms with Crippen molar-refractivity contribution in [1.29, 1.82) is 0 Å². The Morgan fingerprint density at radius 3 is 1.40 bits per heavy atom. The maximum Gasteiger partial charge on any atom is 0.308 e. The average Bonchev–Trinajstić information content (AvgIpc) is 2.47. The van der Waals surface area contributed by atoms with Crippen molar-refractivity contribution in [3.05, 3.63) is 0 Å². The molecular formula is C16H28O4. The third-order valence-electron chi connectivity index (χ3n) is 4.22. The van der Waals surface area contributed by atoms with Gasteiger partial charge in [-0.2, -0.15) is 0 Å². The highest BCUT2D eigenvalue weighted by Gasteiger charge is 2.28. The van der Waals surface area contributed by atoms with Crippen LogP contribution in [0.15, 0.2) is 0 Å². The van der Waals surface area contributed by atoms with Crippen molar-refractivity contribution in [1.82, 2.24) is 0 Å². The molecule has 0 N–H and O–H groups in total. The van der Waals surface area contributed by atoms with E-state index in [4.69, 9.17) is 9.47 Å². The molecule has 2 atom stereocenters. The Kier molecular flexibility index (Phi) is 7.03. The van der Waals surface area contributed by atoms with Gasteiger partial charge in [-0.3, -0.25) is 9.59 Å². The van der Waals surface area contributed by atoms with E-state index in [0.29, 0.717) is 0 Å². The van der Waals surface area contributed by atoms with Gasteiger partial charge in [0.25, 0.3) is 0 Å². The Morgan fingerprint density at radius 2 is 1.15 bits per heavy atom. The first-order valence-corrected chi connectivity index (χ1v) is 7.88. The van der Waals surface area contributed by atoms with E-state index >= 15 is 0 Å². The van der Waals surface area contributed by atoms with Gasteiger partial charge in [0.05, 0.1) is 11.8 Å². The molecule has 2 unspecified atom stereocenters. The number of carbonyl (C=O) groups excluding carboxylic acids is 2. The molecule has 1 rings (SSSR count). The molecule has 4 nitrogen and oxygen atoms in total. The lowest BCUT2D eigenvalue weighted by molar-refractivity contribution is -0.162. The molecule has 0 amide bonds. The summed E-state index contributed by atoms with van der Waals surface area (Å²) < 4.78 is 11.0. The molecule has 0 saturated heterocycles. The van der Waals surface area contributed by atoms with Crippen LogP contribution in [0.2, 0.25) is 0 Å². The summed E-state index contributed by atoms with van der Waals surface area (Å²) in [6.07, 6.45) is 4.77. The van der Waals surface area contributed by atoms with E-state index in [2.05, 4.69) is 0 Å². The minimum atomic E-state index is -0.104. The minimum Gasteiger partial charge on any atom is -0.462 e. The maximum atomic E-state index is 11.7. The van der Waals surface area contributed by atoms with Crippen molar-refractivity contribution in [3.63, 3.8) is 0 Å². The van der Waals surface area contributed by atoms with Gasteiger partial charge in [-0.1, -0.05) is 27.7 Å². The summed E-state index contributed by atoms with van der Waals surface area (Å²) >= 11 is 0. The first kappa shape index (κ1) is 17.0. The minimum absolute atomic E-state index is 0.00458. The molecule has 0 aromatic rings. The lowest BCUT2D eigenvalue weighted by atomic mass is 9.94.